The summed E-state index contributed by atoms with van der Waals surface area (Å²) >= 11 is 0. The number of amides is 1. The van der Waals surface area contributed by atoms with Crippen molar-refractivity contribution in [1.82, 2.24) is 10.3 Å². The van der Waals surface area contributed by atoms with E-state index in [9.17, 15) is 9.18 Å². The van der Waals surface area contributed by atoms with E-state index in [-0.39, 0.29) is 5.82 Å². The van der Waals surface area contributed by atoms with Gasteiger partial charge in [-0.2, -0.15) is 0 Å². The highest BCUT2D eigenvalue weighted by atomic mass is 19.1. The van der Waals surface area contributed by atoms with Gasteiger partial charge in [-0.25, -0.2) is 10.2 Å². The zero-order valence-corrected chi connectivity index (χ0v) is 11.9. The Kier molecular flexibility index (Phi) is 5.09. The molecule has 0 spiro atoms. The smallest absolute Gasteiger partial charge is 0.265 e. The predicted octanol–water partition coefficient (Wildman–Crippen LogP) is 2.05. The molecule has 0 unspecified atom stereocenters. The fraction of sp³-hybridized carbons (Fsp3) is 0.533. The number of hydrazine groups is 1. The molecule has 0 atom stereocenters. The fourth-order valence-electron chi connectivity index (χ4n) is 2.91. The van der Waals surface area contributed by atoms with Gasteiger partial charge in [0.25, 0.3) is 5.91 Å². The highest BCUT2D eigenvalue weighted by Crippen LogP contribution is 2.25. The van der Waals surface area contributed by atoms with Crippen molar-refractivity contribution in [1.29, 1.82) is 0 Å². The van der Waals surface area contributed by atoms with Crippen molar-refractivity contribution >= 4 is 5.91 Å². The second kappa shape index (κ2) is 6.81. The molecule has 0 radical (unpaired) electrons. The summed E-state index contributed by atoms with van der Waals surface area (Å²) in [6.07, 6.45) is 5.14. The number of hydrogen-bond donors (Lipinski definition) is 2. The Morgan fingerprint density at radius 1 is 1.45 bits per heavy atom. The molecule has 0 aliphatic heterocycles. The maximum Gasteiger partial charge on any atom is 0.265 e. The van der Waals surface area contributed by atoms with Crippen LogP contribution in [0.2, 0.25) is 0 Å². The van der Waals surface area contributed by atoms with Gasteiger partial charge in [0.2, 0.25) is 0 Å². The third kappa shape index (κ3) is 3.77. The van der Waals surface area contributed by atoms with E-state index in [2.05, 4.69) is 10.3 Å². The molecule has 1 aliphatic rings. The molecule has 110 valence electrons. The second-order valence-corrected chi connectivity index (χ2v) is 5.63. The summed E-state index contributed by atoms with van der Waals surface area (Å²) in [5.41, 5.74) is 2.99. The average molecular weight is 279 g/mol. The van der Waals surface area contributed by atoms with E-state index in [0.717, 1.165) is 12.5 Å². The number of nitrogens with two attached hydrogens (primary N) is 1. The van der Waals surface area contributed by atoms with E-state index in [0.29, 0.717) is 17.7 Å². The van der Waals surface area contributed by atoms with Crippen molar-refractivity contribution in [3.05, 3.63) is 35.1 Å². The van der Waals surface area contributed by atoms with Gasteiger partial charge in [0.05, 0.1) is 0 Å². The number of nitrogens with one attached hydrogen (secondary N) is 1. The van der Waals surface area contributed by atoms with Crippen LogP contribution in [0, 0.1) is 11.7 Å². The second-order valence-electron chi connectivity index (χ2n) is 5.63. The molecule has 0 saturated heterocycles. The van der Waals surface area contributed by atoms with E-state index in [1.807, 2.05) is 7.05 Å². The summed E-state index contributed by atoms with van der Waals surface area (Å²) in [5.74, 6) is 5.14. The molecule has 20 heavy (non-hydrogen) atoms. The van der Waals surface area contributed by atoms with Crippen LogP contribution in [0.5, 0.6) is 0 Å². The number of carbonyl (C=O) groups is 1. The maximum absolute atomic E-state index is 13.8. The minimum atomic E-state index is -0.398. The number of nitrogens with zero attached hydrogens (tertiary/aromatic N) is 1. The average Bonchev–Trinajstić information content (AvgIpc) is 2.93. The molecular weight excluding hydrogens is 257 g/mol. The highest BCUT2D eigenvalue weighted by Gasteiger charge is 2.18. The monoisotopic (exact) mass is 279 g/mol. The van der Waals surface area contributed by atoms with Gasteiger partial charge in [-0.3, -0.25) is 10.2 Å². The van der Waals surface area contributed by atoms with E-state index >= 15 is 0 Å². The minimum Gasteiger partial charge on any atom is -0.302 e. The Morgan fingerprint density at radius 2 is 2.15 bits per heavy atom. The summed E-state index contributed by atoms with van der Waals surface area (Å²) in [6, 6.07) is 4.34. The first kappa shape index (κ1) is 14.9. The van der Waals surface area contributed by atoms with E-state index in [1.54, 1.807) is 6.07 Å². The third-order valence-electron chi connectivity index (χ3n) is 3.92. The Bertz CT molecular complexity index is 472. The Balaban J connectivity index is 2.01. The number of rotatable bonds is 5. The summed E-state index contributed by atoms with van der Waals surface area (Å²) < 4.78 is 13.8. The van der Waals surface area contributed by atoms with Crippen molar-refractivity contribution in [2.75, 3.05) is 13.6 Å². The number of nitrogen functional groups attached to an aromatic ring is 1. The number of benzene rings is 1. The van der Waals surface area contributed by atoms with Gasteiger partial charge in [0.1, 0.15) is 5.82 Å². The Labute approximate surface area is 119 Å². The lowest BCUT2D eigenvalue weighted by atomic mass is 10.1. The van der Waals surface area contributed by atoms with Crippen LogP contribution in [0.25, 0.3) is 0 Å². The van der Waals surface area contributed by atoms with Crippen LogP contribution < -0.4 is 11.3 Å². The number of carbonyl (C=O) groups excluding carboxylic acids is 1. The van der Waals surface area contributed by atoms with E-state index in [1.165, 1.54) is 37.8 Å². The SMILES string of the molecule is CN(Cc1cc(C(=O)NN)ccc1F)CC1CCCC1. The van der Waals surface area contributed by atoms with Gasteiger partial charge < -0.3 is 4.90 Å². The summed E-state index contributed by atoms with van der Waals surface area (Å²) in [4.78, 5) is 13.6. The lowest BCUT2D eigenvalue weighted by Crippen LogP contribution is -2.30. The first-order chi connectivity index (χ1) is 9.60. The van der Waals surface area contributed by atoms with E-state index < -0.39 is 5.91 Å². The zero-order valence-electron chi connectivity index (χ0n) is 11.9. The molecule has 1 aromatic carbocycles. The third-order valence-corrected chi connectivity index (χ3v) is 3.92. The van der Waals surface area contributed by atoms with E-state index in [4.69, 9.17) is 5.84 Å². The predicted molar refractivity (Wildman–Crippen MR) is 76.3 cm³/mol. The van der Waals surface area contributed by atoms with Crippen LogP contribution in [0.15, 0.2) is 18.2 Å². The minimum absolute atomic E-state index is 0.281. The Morgan fingerprint density at radius 3 is 2.80 bits per heavy atom. The van der Waals surface area contributed by atoms with Gasteiger partial charge in [-0.05, 0) is 44.0 Å². The quantitative estimate of drug-likeness (QED) is 0.493. The molecule has 1 aliphatic carbocycles. The van der Waals surface area contributed by atoms with Crippen LogP contribution in [0.3, 0.4) is 0 Å². The Hall–Kier alpha value is -1.46. The van der Waals surface area contributed by atoms with Crippen LogP contribution in [0.1, 0.15) is 41.6 Å². The molecule has 0 aromatic heterocycles. The molecule has 1 aromatic rings. The largest absolute Gasteiger partial charge is 0.302 e. The van der Waals surface area contributed by atoms with Crippen LogP contribution in [-0.2, 0) is 6.54 Å². The van der Waals surface area contributed by atoms with Gasteiger partial charge in [-0.1, -0.05) is 12.8 Å². The molecule has 0 heterocycles. The lowest BCUT2D eigenvalue weighted by Gasteiger charge is -2.21. The fourth-order valence-corrected chi connectivity index (χ4v) is 2.91. The molecule has 1 amide bonds. The maximum atomic E-state index is 13.8. The highest BCUT2D eigenvalue weighted by molar-refractivity contribution is 5.93. The molecular formula is C15H22FN3O. The van der Waals surface area contributed by atoms with Gasteiger partial charge in [0, 0.05) is 24.2 Å². The van der Waals surface area contributed by atoms with Crippen LogP contribution in [-0.4, -0.2) is 24.4 Å². The number of halogens is 1. The molecule has 4 nitrogen and oxygen atoms in total. The topological polar surface area (TPSA) is 58.4 Å². The summed E-state index contributed by atoms with van der Waals surface area (Å²) in [5, 5.41) is 0. The molecule has 1 saturated carbocycles. The van der Waals surface area contributed by atoms with Gasteiger partial charge in [-0.15, -0.1) is 0 Å². The first-order valence-electron chi connectivity index (χ1n) is 7.08. The van der Waals surface area contributed by atoms with Gasteiger partial charge in [0.15, 0.2) is 0 Å². The van der Waals surface area contributed by atoms with Gasteiger partial charge >= 0.3 is 0 Å². The summed E-state index contributed by atoms with van der Waals surface area (Å²) in [7, 11) is 1.99. The standard InChI is InChI=1S/C15H22FN3O/c1-19(9-11-4-2-3-5-11)10-13-8-12(15(20)18-17)6-7-14(13)16/h6-8,11H,2-5,9-10,17H2,1H3,(H,18,20). The molecule has 3 N–H and O–H groups in total. The van der Waals surface area contributed by atoms with Crippen LogP contribution in [0.4, 0.5) is 4.39 Å². The molecule has 5 heteroatoms. The molecule has 1 fully saturated rings. The summed E-state index contributed by atoms with van der Waals surface area (Å²) in [6.45, 7) is 1.49. The zero-order chi connectivity index (χ0) is 14.5. The normalized spacial score (nSPS) is 15.8. The van der Waals surface area contributed by atoms with Crippen molar-refractivity contribution in [2.45, 2.75) is 32.2 Å². The van der Waals surface area contributed by atoms with Crippen molar-refractivity contribution < 1.29 is 9.18 Å². The van der Waals surface area contributed by atoms with Crippen molar-refractivity contribution in [3.8, 4) is 0 Å². The lowest BCUT2D eigenvalue weighted by molar-refractivity contribution is 0.0953. The molecule has 0 bridgehead atoms. The molecule has 2 rings (SSSR count). The van der Waals surface area contributed by atoms with Crippen molar-refractivity contribution in [2.24, 2.45) is 11.8 Å². The van der Waals surface area contributed by atoms with Crippen molar-refractivity contribution in [3.63, 3.8) is 0 Å². The number of hydrogen-bond acceptors (Lipinski definition) is 3. The van der Waals surface area contributed by atoms with Crippen LogP contribution >= 0.6 is 0 Å². The first-order valence-corrected chi connectivity index (χ1v) is 7.08.